The van der Waals surface area contributed by atoms with Crippen molar-refractivity contribution in [3.8, 4) is 5.75 Å². The molecule has 0 saturated carbocycles. The zero-order valence-electron chi connectivity index (χ0n) is 20.2. The number of hydrazone groups is 1. The molecule has 11 heteroatoms. The number of rotatable bonds is 8. The predicted octanol–water partition coefficient (Wildman–Crippen LogP) is 2.49. The number of nitrogens with one attached hydrogen (secondary N) is 3. The maximum absolute atomic E-state index is 13.0. The Balaban J connectivity index is 1.37. The number of para-hydroxylation sites is 2. The lowest BCUT2D eigenvalue weighted by molar-refractivity contribution is -0.131. The number of amides is 6. The van der Waals surface area contributed by atoms with Crippen LogP contribution in [-0.2, 0) is 20.8 Å². The normalized spacial score (nSPS) is 15.2. The average Bonchev–Trinajstić information content (AvgIpc) is 2.91. The van der Waals surface area contributed by atoms with Gasteiger partial charge in [-0.3, -0.25) is 24.5 Å². The Labute approximate surface area is 217 Å². The highest BCUT2D eigenvalue weighted by Crippen LogP contribution is 2.30. The van der Waals surface area contributed by atoms with E-state index in [4.69, 9.17) is 4.74 Å². The topological polar surface area (TPSA) is 146 Å². The van der Waals surface area contributed by atoms with Crippen LogP contribution in [-0.4, -0.2) is 43.0 Å². The lowest BCUT2D eigenvalue weighted by atomic mass is 10.1. The molecule has 6 amide bonds. The van der Waals surface area contributed by atoms with Crippen molar-refractivity contribution in [2.24, 2.45) is 11.0 Å². The molecule has 0 aliphatic carbocycles. The molecule has 0 unspecified atom stereocenters. The molecule has 3 aromatic carbocycles. The quantitative estimate of drug-likeness (QED) is 0.240. The minimum atomic E-state index is -1.46. The van der Waals surface area contributed by atoms with Crippen LogP contribution in [0.5, 0.6) is 5.75 Å². The van der Waals surface area contributed by atoms with Crippen LogP contribution in [0.25, 0.3) is 0 Å². The van der Waals surface area contributed by atoms with Crippen molar-refractivity contribution in [3.63, 3.8) is 0 Å². The lowest BCUT2D eigenvalue weighted by Gasteiger charge is -2.29. The smallest absolute Gasteiger partial charge is 0.335 e. The molecule has 1 aliphatic heterocycles. The fourth-order valence-corrected chi connectivity index (χ4v) is 3.69. The van der Waals surface area contributed by atoms with Gasteiger partial charge in [-0.25, -0.2) is 15.1 Å². The summed E-state index contributed by atoms with van der Waals surface area (Å²) in [7, 11) is 1.38. The third-order valence-corrected chi connectivity index (χ3v) is 5.56. The average molecular weight is 514 g/mol. The Morgan fingerprint density at radius 1 is 0.974 bits per heavy atom. The first-order chi connectivity index (χ1) is 18.4. The number of urea groups is 1. The van der Waals surface area contributed by atoms with E-state index in [0.717, 1.165) is 16.7 Å². The van der Waals surface area contributed by atoms with Gasteiger partial charge >= 0.3 is 6.03 Å². The molecule has 0 aromatic heterocycles. The van der Waals surface area contributed by atoms with Crippen molar-refractivity contribution < 1.29 is 28.7 Å². The highest BCUT2D eigenvalue weighted by molar-refractivity contribution is 6.33. The van der Waals surface area contributed by atoms with Gasteiger partial charge in [0.05, 0.1) is 19.2 Å². The van der Waals surface area contributed by atoms with Gasteiger partial charge in [0.25, 0.3) is 11.8 Å². The molecule has 3 aromatic rings. The molecule has 3 N–H and O–H groups in total. The van der Waals surface area contributed by atoms with E-state index in [1.54, 1.807) is 30.3 Å². The van der Waals surface area contributed by atoms with Crippen LogP contribution in [0.3, 0.4) is 0 Å². The van der Waals surface area contributed by atoms with Gasteiger partial charge in [-0.05, 0) is 42.0 Å². The maximum atomic E-state index is 13.0. The lowest BCUT2D eigenvalue weighted by Crippen LogP contribution is -2.58. The van der Waals surface area contributed by atoms with Crippen molar-refractivity contribution in [1.82, 2.24) is 10.7 Å². The molecule has 1 heterocycles. The highest BCUT2D eigenvalue weighted by atomic mass is 16.5. The molecule has 1 saturated heterocycles. The van der Waals surface area contributed by atoms with E-state index in [9.17, 15) is 24.0 Å². The summed E-state index contributed by atoms with van der Waals surface area (Å²) in [6.07, 6.45) is 1.16. The van der Waals surface area contributed by atoms with Crippen LogP contribution in [0, 0.1) is 5.92 Å². The van der Waals surface area contributed by atoms with Gasteiger partial charge in [0.2, 0.25) is 11.8 Å². The van der Waals surface area contributed by atoms with Gasteiger partial charge in [-0.15, -0.1) is 0 Å². The predicted molar refractivity (Wildman–Crippen MR) is 139 cm³/mol. The van der Waals surface area contributed by atoms with Gasteiger partial charge in [0.15, 0.2) is 5.92 Å². The fourth-order valence-electron chi connectivity index (χ4n) is 3.69. The minimum absolute atomic E-state index is 0.156. The Bertz CT molecular complexity index is 1400. The second kappa shape index (κ2) is 11.6. The number of hydrogen-bond donors (Lipinski definition) is 3. The third-order valence-electron chi connectivity index (χ3n) is 5.56. The highest BCUT2D eigenvalue weighted by Gasteiger charge is 2.41. The summed E-state index contributed by atoms with van der Waals surface area (Å²) in [5.41, 5.74) is 4.02. The monoisotopic (exact) mass is 513 g/mol. The molecule has 38 heavy (non-hydrogen) atoms. The molecule has 1 atom stereocenters. The molecule has 192 valence electrons. The summed E-state index contributed by atoms with van der Waals surface area (Å²) in [6, 6.07) is 20.8. The van der Waals surface area contributed by atoms with Gasteiger partial charge < -0.3 is 10.1 Å². The Kier molecular flexibility index (Phi) is 7.87. The number of carbonyl (C=O) groups is 5. The second-order valence-corrected chi connectivity index (χ2v) is 8.12. The number of ether oxygens (including phenoxy) is 1. The largest absolute Gasteiger partial charge is 0.495 e. The summed E-state index contributed by atoms with van der Waals surface area (Å²) in [5.74, 6) is -3.73. The number of nitrogens with zero attached hydrogens (tertiary/aromatic N) is 2. The van der Waals surface area contributed by atoms with Crippen molar-refractivity contribution in [2.45, 2.75) is 6.42 Å². The van der Waals surface area contributed by atoms with E-state index in [1.807, 2.05) is 30.3 Å². The molecule has 0 radical (unpaired) electrons. The SMILES string of the molecule is COc1ccccc1N1C(=O)NC(=O)[C@@H](/C=N\NC(=O)c2ccc(NC(=O)Cc3ccccc3)cc2)C1=O. The number of carbonyl (C=O) groups excluding carboxylic acids is 5. The first-order valence-electron chi connectivity index (χ1n) is 11.5. The van der Waals surface area contributed by atoms with E-state index >= 15 is 0 Å². The molecule has 1 aliphatic rings. The van der Waals surface area contributed by atoms with Crippen molar-refractivity contribution in [1.29, 1.82) is 0 Å². The molecule has 1 fully saturated rings. The van der Waals surface area contributed by atoms with E-state index in [1.165, 1.54) is 25.3 Å². The first-order valence-corrected chi connectivity index (χ1v) is 11.5. The van der Waals surface area contributed by atoms with E-state index < -0.39 is 29.7 Å². The molecular formula is C27H23N5O6. The molecule has 0 spiro atoms. The van der Waals surface area contributed by atoms with Crippen molar-refractivity contribution in [3.05, 3.63) is 90.0 Å². The van der Waals surface area contributed by atoms with Gasteiger partial charge in [0, 0.05) is 17.5 Å². The van der Waals surface area contributed by atoms with Gasteiger partial charge in [-0.2, -0.15) is 5.10 Å². The van der Waals surface area contributed by atoms with E-state index in [2.05, 4.69) is 21.2 Å². The van der Waals surface area contributed by atoms with Crippen LogP contribution < -0.4 is 25.7 Å². The number of barbiturate groups is 1. The number of methoxy groups -OCH3 is 1. The standard InChI is InChI=1S/C27H23N5O6/c1-38-22-10-6-5-9-21(22)32-26(36)20(25(35)30-27(32)37)16-28-31-24(34)18-11-13-19(14-12-18)29-23(33)15-17-7-3-2-4-8-17/h2-14,16,20H,15H2,1H3,(H,29,33)(H,31,34)(H,30,35,37)/b28-16-/t20-/m1/s1. The van der Waals surface area contributed by atoms with Crippen LogP contribution in [0.2, 0.25) is 0 Å². The van der Waals surface area contributed by atoms with E-state index in [0.29, 0.717) is 5.69 Å². The van der Waals surface area contributed by atoms with Gasteiger partial charge in [-0.1, -0.05) is 42.5 Å². The van der Waals surface area contributed by atoms with Crippen LogP contribution in [0.4, 0.5) is 16.2 Å². The van der Waals surface area contributed by atoms with Crippen LogP contribution in [0.1, 0.15) is 15.9 Å². The minimum Gasteiger partial charge on any atom is -0.495 e. The summed E-state index contributed by atoms with van der Waals surface area (Å²) < 4.78 is 5.20. The summed E-state index contributed by atoms with van der Waals surface area (Å²) >= 11 is 0. The number of hydrogen-bond acceptors (Lipinski definition) is 7. The molecular weight excluding hydrogens is 490 g/mol. The Morgan fingerprint density at radius 3 is 2.37 bits per heavy atom. The number of anilines is 2. The van der Waals surface area contributed by atoms with E-state index in [-0.39, 0.29) is 29.3 Å². The third kappa shape index (κ3) is 5.90. The van der Waals surface area contributed by atoms with Crippen molar-refractivity contribution >= 4 is 47.2 Å². The molecule has 4 rings (SSSR count). The van der Waals surface area contributed by atoms with Crippen molar-refractivity contribution in [2.75, 3.05) is 17.3 Å². The zero-order chi connectivity index (χ0) is 27.1. The van der Waals surface area contributed by atoms with Crippen LogP contribution in [0.15, 0.2) is 84.0 Å². The first kappa shape index (κ1) is 25.8. The number of benzene rings is 3. The Hall–Kier alpha value is -5.32. The zero-order valence-corrected chi connectivity index (χ0v) is 20.2. The number of imide groups is 2. The summed E-state index contributed by atoms with van der Waals surface area (Å²) in [5, 5.41) is 8.60. The Morgan fingerprint density at radius 2 is 1.66 bits per heavy atom. The van der Waals surface area contributed by atoms with Gasteiger partial charge in [0.1, 0.15) is 5.75 Å². The molecule has 0 bridgehead atoms. The second-order valence-electron chi connectivity index (χ2n) is 8.12. The fraction of sp³-hybridized carbons (Fsp3) is 0.111. The maximum Gasteiger partial charge on any atom is 0.335 e. The summed E-state index contributed by atoms with van der Waals surface area (Å²) in [6.45, 7) is 0. The van der Waals surface area contributed by atoms with Crippen LogP contribution >= 0.6 is 0 Å². The molecule has 11 nitrogen and oxygen atoms in total. The summed E-state index contributed by atoms with van der Waals surface area (Å²) in [4.78, 5) is 63.1.